The van der Waals surface area contributed by atoms with Crippen LogP contribution in [-0.4, -0.2) is 95.8 Å². The summed E-state index contributed by atoms with van der Waals surface area (Å²) in [6.07, 6.45) is 19.1. The van der Waals surface area contributed by atoms with Crippen LogP contribution in [0.2, 0.25) is 0 Å². The third-order valence-corrected chi connectivity index (χ3v) is 13.2. The van der Waals surface area contributed by atoms with Gasteiger partial charge in [0, 0.05) is 48.1 Å². The van der Waals surface area contributed by atoms with Gasteiger partial charge in [0.05, 0.1) is 38.1 Å². The predicted octanol–water partition coefficient (Wildman–Crippen LogP) is 7.55. The fourth-order valence-corrected chi connectivity index (χ4v) is 10.3. The molecule has 9 rings (SSSR count). The number of nitrogens with zero attached hydrogens (tertiary/aromatic N) is 5. The molecule has 2 aromatic heterocycles. The smallest absolute Gasteiger partial charge is 0.319 e. The van der Waals surface area contributed by atoms with E-state index >= 15 is 8.78 Å². The Hall–Kier alpha value is -4.31. The third kappa shape index (κ3) is 6.62. The second kappa shape index (κ2) is 14.6. The van der Waals surface area contributed by atoms with Gasteiger partial charge in [-0.05, 0) is 101 Å². The van der Waals surface area contributed by atoms with E-state index in [4.69, 9.17) is 35.3 Å². The first-order valence-corrected chi connectivity index (χ1v) is 20.0. The van der Waals surface area contributed by atoms with Crippen molar-refractivity contribution in [3.63, 3.8) is 0 Å². The van der Waals surface area contributed by atoms with Crippen molar-refractivity contribution in [2.24, 2.45) is 5.41 Å². The average molecular weight is 754 g/mol. The molecule has 3 saturated heterocycles. The molecule has 0 unspecified atom stereocenters. The normalized spacial score (nSPS) is 27.3. The number of pyridine rings is 1. The lowest BCUT2D eigenvalue weighted by atomic mass is 9.70. The molecule has 2 aromatic carbocycles. The Morgan fingerprint density at radius 2 is 1.76 bits per heavy atom. The van der Waals surface area contributed by atoms with Crippen molar-refractivity contribution >= 4 is 27.5 Å². The molecule has 12 heteroatoms. The minimum absolute atomic E-state index is 0.0324. The van der Waals surface area contributed by atoms with Crippen molar-refractivity contribution in [3.8, 4) is 41.2 Å². The summed E-state index contributed by atoms with van der Waals surface area (Å²) in [5.41, 5.74) is -0.0394. The Morgan fingerprint density at radius 1 is 0.927 bits per heavy atom. The number of phenols is 1. The number of rotatable bonds is 7. The van der Waals surface area contributed by atoms with E-state index < -0.39 is 11.6 Å². The maximum atomic E-state index is 17.3. The predicted molar refractivity (Wildman–Crippen MR) is 206 cm³/mol. The largest absolute Gasteiger partial charge is 0.508 e. The summed E-state index contributed by atoms with van der Waals surface area (Å²) in [5.74, 6) is 1.38. The van der Waals surface area contributed by atoms with Crippen LogP contribution in [0.25, 0.3) is 32.9 Å². The summed E-state index contributed by atoms with van der Waals surface area (Å²) in [7, 11) is 1.46. The van der Waals surface area contributed by atoms with Gasteiger partial charge in [-0.25, -0.2) is 13.8 Å². The van der Waals surface area contributed by atoms with Gasteiger partial charge in [-0.15, -0.1) is 6.42 Å². The molecule has 5 heterocycles. The first-order valence-electron chi connectivity index (χ1n) is 20.0. The van der Waals surface area contributed by atoms with E-state index in [9.17, 15) is 5.11 Å². The number of likely N-dealkylation sites (tertiary alicyclic amines) is 1. The van der Waals surface area contributed by atoms with Crippen molar-refractivity contribution < 1.29 is 32.8 Å². The van der Waals surface area contributed by atoms with Crippen molar-refractivity contribution in [2.45, 2.75) is 94.7 Å². The van der Waals surface area contributed by atoms with Crippen LogP contribution in [0.4, 0.5) is 14.6 Å². The SMILES string of the molecule is C#Cc1c(F)ccc2cc(O)cc(-c3nc(OC)c4c(N5CCCOCC5)nc(OC[C@]56CCC[C@@H](C5)N(C5CCC7(CCO7)CC5)CCC6)nc4c3F)c12. The van der Waals surface area contributed by atoms with E-state index in [0.717, 1.165) is 51.7 Å². The Balaban J connectivity index is 1.09. The van der Waals surface area contributed by atoms with Crippen LogP contribution in [0.3, 0.4) is 0 Å². The fraction of sp³-hybridized carbons (Fsp3) is 0.558. The minimum Gasteiger partial charge on any atom is -0.508 e. The standard InChI is InChI=1S/C43H49F2N5O5/c1-3-31-33(44)9-8-27-23-30(51)24-32(34(27)31)37-36(45)38-35(40(46-37)52-2)39(49-17-6-20-53-22-19-49)48-41(47-38)54-26-42-12-4-7-29(25-42)50(18-5-13-42)28-10-14-43(15-11-28)16-21-55-43/h1,8-9,23-24,28-29,51H,4-7,10-22,25-26H2,2H3/t28?,29-,42-,43?/m0/s1. The summed E-state index contributed by atoms with van der Waals surface area (Å²) in [6, 6.07) is 6.72. The second-order valence-electron chi connectivity index (χ2n) is 16.3. The molecule has 4 aromatic rings. The van der Waals surface area contributed by atoms with Crippen molar-refractivity contribution in [3.05, 3.63) is 41.5 Å². The zero-order valence-corrected chi connectivity index (χ0v) is 31.5. The van der Waals surface area contributed by atoms with E-state index in [1.807, 2.05) is 4.90 Å². The number of aromatic hydroxyl groups is 1. The number of terminal acetylenes is 1. The number of fused-ring (bicyclic) bond motifs is 4. The highest BCUT2D eigenvalue weighted by Crippen LogP contribution is 2.48. The average Bonchev–Trinajstić information content (AvgIpc) is 3.54. The molecule has 55 heavy (non-hydrogen) atoms. The monoisotopic (exact) mass is 753 g/mol. The number of phenolic OH excluding ortho intramolecular Hbond substituents is 1. The number of aromatic nitrogens is 3. The summed E-state index contributed by atoms with van der Waals surface area (Å²) in [5, 5.41) is 11.7. The van der Waals surface area contributed by atoms with Crippen LogP contribution in [0.5, 0.6) is 17.6 Å². The Labute approximate surface area is 320 Å². The van der Waals surface area contributed by atoms with Crippen LogP contribution in [-0.2, 0) is 9.47 Å². The van der Waals surface area contributed by atoms with Gasteiger partial charge in [0.15, 0.2) is 5.82 Å². The number of hydrogen-bond acceptors (Lipinski definition) is 10. The molecule has 1 N–H and O–H groups in total. The highest BCUT2D eigenvalue weighted by Gasteiger charge is 2.47. The van der Waals surface area contributed by atoms with Crippen LogP contribution >= 0.6 is 0 Å². The number of anilines is 1. The molecule has 2 aliphatic carbocycles. The van der Waals surface area contributed by atoms with E-state index in [1.54, 1.807) is 0 Å². The second-order valence-corrected chi connectivity index (χ2v) is 16.3. The molecule has 3 aliphatic heterocycles. The Bertz CT molecular complexity index is 2140. The number of halogens is 2. The Morgan fingerprint density at radius 3 is 2.55 bits per heavy atom. The van der Waals surface area contributed by atoms with Crippen LogP contribution in [0.15, 0.2) is 24.3 Å². The van der Waals surface area contributed by atoms with Gasteiger partial charge in [0.1, 0.15) is 34.0 Å². The summed E-state index contributed by atoms with van der Waals surface area (Å²) in [4.78, 5) is 19.2. The maximum Gasteiger partial charge on any atom is 0.319 e. The third-order valence-electron chi connectivity index (χ3n) is 13.2. The van der Waals surface area contributed by atoms with E-state index in [0.29, 0.717) is 61.6 Å². The van der Waals surface area contributed by atoms with E-state index in [2.05, 4.69) is 15.8 Å². The number of hydrogen-bond donors (Lipinski definition) is 1. The summed E-state index contributed by atoms with van der Waals surface area (Å²) >= 11 is 0. The summed E-state index contributed by atoms with van der Waals surface area (Å²) in [6.45, 7) is 4.68. The molecule has 0 radical (unpaired) electrons. The molecular formula is C43H49F2N5O5. The molecular weight excluding hydrogens is 704 g/mol. The molecule has 290 valence electrons. The van der Waals surface area contributed by atoms with Gasteiger partial charge < -0.3 is 29.0 Å². The lowest BCUT2D eigenvalue weighted by Crippen LogP contribution is -2.53. The van der Waals surface area contributed by atoms with Crippen molar-refractivity contribution in [1.82, 2.24) is 19.9 Å². The molecule has 2 atom stereocenters. The fourth-order valence-electron chi connectivity index (χ4n) is 10.3. The van der Waals surface area contributed by atoms with E-state index in [-0.39, 0.29) is 56.4 Å². The van der Waals surface area contributed by atoms with E-state index in [1.165, 1.54) is 69.9 Å². The number of benzene rings is 2. The van der Waals surface area contributed by atoms with Gasteiger partial charge in [-0.3, -0.25) is 4.90 Å². The lowest BCUT2D eigenvalue weighted by molar-refractivity contribution is -0.173. The minimum atomic E-state index is -0.780. The molecule has 5 fully saturated rings. The zero-order valence-electron chi connectivity index (χ0n) is 31.5. The zero-order chi connectivity index (χ0) is 37.7. The van der Waals surface area contributed by atoms with Crippen LogP contribution in [0, 0.1) is 29.4 Å². The molecule has 10 nitrogen and oxygen atoms in total. The highest BCUT2D eigenvalue weighted by molar-refractivity contribution is 6.04. The summed E-state index contributed by atoms with van der Waals surface area (Å²) < 4.78 is 56.6. The molecule has 2 bridgehead atoms. The first kappa shape index (κ1) is 36.3. The quantitative estimate of drug-likeness (QED) is 0.191. The lowest BCUT2D eigenvalue weighted by Gasteiger charge is -2.50. The van der Waals surface area contributed by atoms with Gasteiger partial charge in [-0.2, -0.15) is 9.97 Å². The van der Waals surface area contributed by atoms with Crippen LogP contribution < -0.4 is 14.4 Å². The molecule has 1 spiro atoms. The molecule has 0 amide bonds. The van der Waals surface area contributed by atoms with Gasteiger partial charge in [0.2, 0.25) is 5.88 Å². The topological polar surface area (TPSA) is 102 Å². The highest BCUT2D eigenvalue weighted by atomic mass is 19.1. The number of methoxy groups -OCH3 is 1. The van der Waals surface area contributed by atoms with Gasteiger partial charge >= 0.3 is 6.01 Å². The van der Waals surface area contributed by atoms with Gasteiger partial charge in [-0.1, -0.05) is 18.4 Å². The maximum absolute atomic E-state index is 17.3. The van der Waals surface area contributed by atoms with Gasteiger partial charge in [0.25, 0.3) is 0 Å². The first-order chi connectivity index (χ1) is 26.8. The van der Waals surface area contributed by atoms with Crippen molar-refractivity contribution in [2.75, 3.05) is 58.1 Å². The van der Waals surface area contributed by atoms with Crippen LogP contribution in [0.1, 0.15) is 82.6 Å². The molecule has 5 aliphatic rings. The molecule has 2 saturated carbocycles. The Kier molecular flexibility index (Phi) is 9.67. The van der Waals surface area contributed by atoms with Crippen molar-refractivity contribution in [1.29, 1.82) is 0 Å². The number of ether oxygens (including phenoxy) is 4.